The van der Waals surface area contributed by atoms with Crippen molar-refractivity contribution in [1.82, 2.24) is 0 Å². The highest BCUT2D eigenvalue weighted by molar-refractivity contribution is 5.35. The number of hydrogen-bond acceptors (Lipinski definition) is 2. The summed E-state index contributed by atoms with van der Waals surface area (Å²) in [6.45, 7) is 8.37. The van der Waals surface area contributed by atoms with Gasteiger partial charge in [0.1, 0.15) is 5.75 Å². The maximum absolute atomic E-state index is 9.22. The molecule has 0 fully saturated rings. The van der Waals surface area contributed by atoms with Crippen molar-refractivity contribution in [3.63, 3.8) is 0 Å². The summed E-state index contributed by atoms with van der Waals surface area (Å²) in [7, 11) is 0. The third-order valence-corrected chi connectivity index (χ3v) is 2.06. The highest BCUT2D eigenvalue weighted by atomic mass is 16.5. The van der Waals surface area contributed by atoms with Gasteiger partial charge in [0.05, 0.1) is 12.4 Å². The Kier molecular flexibility index (Phi) is 3.57. The van der Waals surface area contributed by atoms with E-state index in [4.69, 9.17) is 4.74 Å². The van der Waals surface area contributed by atoms with Gasteiger partial charge in [-0.05, 0) is 37.1 Å². The number of aromatic hydroxyl groups is 1. The molecule has 0 unspecified atom stereocenters. The van der Waals surface area contributed by atoms with Crippen LogP contribution in [0.1, 0.15) is 18.1 Å². The van der Waals surface area contributed by atoms with Crippen molar-refractivity contribution in [2.75, 3.05) is 6.61 Å². The lowest BCUT2D eigenvalue weighted by Gasteiger charge is -2.09. The van der Waals surface area contributed by atoms with E-state index in [2.05, 4.69) is 6.58 Å². The van der Waals surface area contributed by atoms with E-state index in [0.29, 0.717) is 18.8 Å². The second kappa shape index (κ2) is 4.70. The van der Waals surface area contributed by atoms with Gasteiger partial charge in [-0.3, -0.25) is 0 Å². The Balaban J connectivity index is 2.72. The molecule has 1 rings (SSSR count). The van der Waals surface area contributed by atoms with E-state index >= 15 is 0 Å². The Labute approximate surface area is 84.8 Å². The molecule has 0 aliphatic heterocycles. The van der Waals surface area contributed by atoms with E-state index in [-0.39, 0.29) is 0 Å². The second-order valence-electron chi connectivity index (χ2n) is 3.26. The van der Waals surface area contributed by atoms with Gasteiger partial charge >= 0.3 is 0 Å². The van der Waals surface area contributed by atoms with Crippen LogP contribution in [0.25, 0.3) is 0 Å². The molecule has 0 atom stereocenters. The highest BCUT2D eigenvalue weighted by Crippen LogP contribution is 2.18. The van der Waals surface area contributed by atoms with Crippen LogP contribution in [0.3, 0.4) is 0 Å². The van der Waals surface area contributed by atoms with E-state index in [1.165, 1.54) is 0 Å². The molecule has 1 N–H and O–H groups in total. The third-order valence-electron chi connectivity index (χ3n) is 2.06. The SMILES string of the molecule is C=C(Cc1ccc(O)cc1C)OCC. The molecule has 1 aromatic rings. The van der Waals surface area contributed by atoms with Crippen molar-refractivity contribution in [3.05, 3.63) is 41.7 Å². The molecule has 2 nitrogen and oxygen atoms in total. The molecule has 0 radical (unpaired) electrons. The molecule has 2 heteroatoms. The summed E-state index contributed by atoms with van der Waals surface area (Å²) in [6, 6.07) is 5.32. The predicted molar refractivity (Wildman–Crippen MR) is 57.3 cm³/mol. The first-order valence-corrected chi connectivity index (χ1v) is 4.72. The van der Waals surface area contributed by atoms with Crippen molar-refractivity contribution in [2.24, 2.45) is 0 Å². The van der Waals surface area contributed by atoms with Gasteiger partial charge in [0, 0.05) is 6.42 Å². The topological polar surface area (TPSA) is 29.5 Å². The minimum atomic E-state index is 0.299. The van der Waals surface area contributed by atoms with Gasteiger partial charge < -0.3 is 9.84 Å². The van der Waals surface area contributed by atoms with E-state index in [1.54, 1.807) is 12.1 Å². The van der Waals surface area contributed by atoms with Gasteiger partial charge in [-0.2, -0.15) is 0 Å². The maximum atomic E-state index is 9.22. The summed E-state index contributed by atoms with van der Waals surface area (Å²) in [6.07, 6.45) is 0.708. The first-order valence-electron chi connectivity index (χ1n) is 4.72. The van der Waals surface area contributed by atoms with Gasteiger partial charge in [0.25, 0.3) is 0 Å². The molecular formula is C12H16O2. The minimum absolute atomic E-state index is 0.299. The number of allylic oxidation sites excluding steroid dienone is 1. The normalized spacial score (nSPS) is 9.86. The van der Waals surface area contributed by atoms with Gasteiger partial charge in [0.2, 0.25) is 0 Å². The van der Waals surface area contributed by atoms with Crippen LogP contribution in [0.5, 0.6) is 5.75 Å². The summed E-state index contributed by atoms with van der Waals surface area (Å²) in [5.41, 5.74) is 2.20. The number of rotatable bonds is 4. The zero-order chi connectivity index (χ0) is 10.6. The fourth-order valence-corrected chi connectivity index (χ4v) is 1.35. The summed E-state index contributed by atoms with van der Waals surface area (Å²) < 4.78 is 5.27. The Bertz CT molecular complexity index is 329. The lowest BCUT2D eigenvalue weighted by atomic mass is 10.0. The number of aryl methyl sites for hydroxylation is 1. The Hall–Kier alpha value is -1.44. The van der Waals surface area contributed by atoms with Crippen LogP contribution in [0.15, 0.2) is 30.5 Å². The number of phenolic OH excluding ortho intramolecular Hbond substituents is 1. The molecule has 0 amide bonds. The van der Waals surface area contributed by atoms with Crippen molar-refractivity contribution >= 4 is 0 Å². The lowest BCUT2D eigenvalue weighted by molar-refractivity contribution is 0.225. The Morgan fingerprint density at radius 1 is 1.50 bits per heavy atom. The number of phenols is 1. The average Bonchev–Trinajstić information content (AvgIpc) is 2.10. The Morgan fingerprint density at radius 2 is 2.21 bits per heavy atom. The first-order chi connectivity index (χ1) is 6.63. The first kappa shape index (κ1) is 10.6. The zero-order valence-electron chi connectivity index (χ0n) is 8.71. The molecule has 14 heavy (non-hydrogen) atoms. The summed E-state index contributed by atoms with van der Waals surface area (Å²) in [4.78, 5) is 0. The van der Waals surface area contributed by atoms with Gasteiger partial charge in [-0.25, -0.2) is 0 Å². The van der Waals surface area contributed by atoms with E-state index in [1.807, 2.05) is 19.9 Å². The van der Waals surface area contributed by atoms with Crippen LogP contribution in [0.2, 0.25) is 0 Å². The molecule has 0 aliphatic carbocycles. The van der Waals surface area contributed by atoms with Crippen LogP contribution in [0, 0.1) is 6.92 Å². The number of benzene rings is 1. The molecule has 0 aliphatic rings. The summed E-state index contributed by atoms with van der Waals surface area (Å²) in [5, 5.41) is 9.22. The second-order valence-corrected chi connectivity index (χ2v) is 3.26. The average molecular weight is 192 g/mol. The fourth-order valence-electron chi connectivity index (χ4n) is 1.35. The van der Waals surface area contributed by atoms with Crippen LogP contribution < -0.4 is 0 Å². The maximum Gasteiger partial charge on any atom is 0.115 e. The highest BCUT2D eigenvalue weighted by Gasteiger charge is 2.02. The van der Waals surface area contributed by atoms with Crippen molar-refractivity contribution < 1.29 is 9.84 Å². The van der Waals surface area contributed by atoms with Crippen LogP contribution in [-0.2, 0) is 11.2 Å². The lowest BCUT2D eigenvalue weighted by Crippen LogP contribution is -1.96. The van der Waals surface area contributed by atoms with Crippen molar-refractivity contribution in [2.45, 2.75) is 20.3 Å². The summed E-state index contributed by atoms with van der Waals surface area (Å²) in [5.74, 6) is 1.06. The van der Waals surface area contributed by atoms with Gasteiger partial charge in [-0.15, -0.1) is 0 Å². The third kappa shape index (κ3) is 2.80. The molecule has 0 bridgehead atoms. The quantitative estimate of drug-likeness (QED) is 0.743. The number of ether oxygens (including phenoxy) is 1. The van der Waals surface area contributed by atoms with Crippen molar-refractivity contribution in [3.8, 4) is 5.75 Å². The minimum Gasteiger partial charge on any atom is -0.508 e. The fraction of sp³-hybridized carbons (Fsp3) is 0.333. The molecular weight excluding hydrogens is 176 g/mol. The monoisotopic (exact) mass is 192 g/mol. The summed E-state index contributed by atoms with van der Waals surface area (Å²) >= 11 is 0. The standard InChI is InChI=1S/C12H16O2/c1-4-14-10(3)8-11-5-6-12(13)7-9(11)2/h5-7,13H,3-4,8H2,1-2H3. The van der Waals surface area contributed by atoms with Crippen molar-refractivity contribution in [1.29, 1.82) is 0 Å². The van der Waals surface area contributed by atoms with E-state index in [0.717, 1.165) is 16.9 Å². The molecule has 0 aromatic heterocycles. The number of hydrogen-bond donors (Lipinski definition) is 1. The van der Waals surface area contributed by atoms with E-state index in [9.17, 15) is 5.11 Å². The Morgan fingerprint density at radius 3 is 2.79 bits per heavy atom. The molecule has 1 aromatic carbocycles. The largest absolute Gasteiger partial charge is 0.508 e. The van der Waals surface area contributed by atoms with Crippen LogP contribution >= 0.6 is 0 Å². The molecule has 0 heterocycles. The van der Waals surface area contributed by atoms with Crippen LogP contribution in [-0.4, -0.2) is 11.7 Å². The smallest absolute Gasteiger partial charge is 0.115 e. The predicted octanol–water partition coefficient (Wildman–Crippen LogP) is 2.79. The molecule has 0 saturated heterocycles. The molecule has 0 saturated carbocycles. The van der Waals surface area contributed by atoms with Gasteiger partial charge in [0.15, 0.2) is 0 Å². The van der Waals surface area contributed by atoms with Gasteiger partial charge in [-0.1, -0.05) is 12.6 Å². The molecule has 0 spiro atoms. The van der Waals surface area contributed by atoms with E-state index < -0.39 is 0 Å². The van der Waals surface area contributed by atoms with Crippen LogP contribution in [0.4, 0.5) is 0 Å². The zero-order valence-corrected chi connectivity index (χ0v) is 8.71. The molecule has 76 valence electrons.